The molecule has 0 aromatic heterocycles. The molecular weight excluding hydrogens is 258 g/mol. The zero-order valence-electron chi connectivity index (χ0n) is 11.0. The number of ether oxygens (including phenoxy) is 2. The standard InChI is InChI=1S/C15H15NO4/c17-14-9-2-1-3-10(6-9)15(18)16(14)11-4-5-12-13(7-11)20-8-19-12/h4-5,7,9-10H,1-3,6,8H2/t9-,10+. The van der Waals surface area contributed by atoms with Crippen LogP contribution >= 0.6 is 0 Å². The van der Waals surface area contributed by atoms with Crippen LogP contribution in [0.2, 0.25) is 0 Å². The number of carbonyl (C=O) groups is 2. The molecule has 2 amide bonds. The molecule has 1 aliphatic carbocycles. The van der Waals surface area contributed by atoms with E-state index in [1.54, 1.807) is 18.2 Å². The summed E-state index contributed by atoms with van der Waals surface area (Å²) in [6.45, 7) is 0.186. The highest BCUT2D eigenvalue weighted by atomic mass is 16.7. The van der Waals surface area contributed by atoms with Crippen LogP contribution in [-0.4, -0.2) is 18.6 Å². The van der Waals surface area contributed by atoms with Gasteiger partial charge in [-0.15, -0.1) is 0 Å². The number of nitrogens with zero attached hydrogens (tertiary/aromatic N) is 1. The number of piperidine rings is 1. The molecule has 1 saturated carbocycles. The molecule has 1 aromatic rings. The summed E-state index contributed by atoms with van der Waals surface area (Å²) >= 11 is 0. The molecule has 2 heterocycles. The van der Waals surface area contributed by atoms with Gasteiger partial charge in [0.15, 0.2) is 11.5 Å². The molecule has 1 aromatic carbocycles. The Kier molecular flexibility index (Phi) is 2.49. The quantitative estimate of drug-likeness (QED) is 0.735. The monoisotopic (exact) mass is 273 g/mol. The van der Waals surface area contributed by atoms with Crippen molar-refractivity contribution >= 4 is 17.5 Å². The van der Waals surface area contributed by atoms with E-state index < -0.39 is 0 Å². The van der Waals surface area contributed by atoms with Crippen molar-refractivity contribution < 1.29 is 19.1 Å². The Bertz CT molecular complexity index is 576. The second-order valence-electron chi connectivity index (χ2n) is 5.61. The summed E-state index contributed by atoms with van der Waals surface area (Å²) in [4.78, 5) is 26.3. The average molecular weight is 273 g/mol. The van der Waals surface area contributed by atoms with Gasteiger partial charge in [-0.25, -0.2) is 4.90 Å². The van der Waals surface area contributed by atoms with E-state index in [1.165, 1.54) is 4.90 Å². The fourth-order valence-electron chi connectivity index (χ4n) is 3.39. The van der Waals surface area contributed by atoms with E-state index in [2.05, 4.69) is 0 Å². The van der Waals surface area contributed by atoms with Crippen LogP contribution in [0.3, 0.4) is 0 Å². The maximum Gasteiger partial charge on any atom is 0.236 e. The number of carbonyl (C=O) groups excluding carboxylic acids is 2. The van der Waals surface area contributed by atoms with Gasteiger partial charge in [-0.05, 0) is 31.4 Å². The number of imide groups is 1. The Morgan fingerprint density at radius 3 is 2.45 bits per heavy atom. The van der Waals surface area contributed by atoms with Gasteiger partial charge >= 0.3 is 0 Å². The Hall–Kier alpha value is -2.04. The summed E-state index contributed by atoms with van der Waals surface area (Å²) < 4.78 is 10.6. The molecule has 0 unspecified atom stereocenters. The molecule has 3 aliphatic rings. The van der Waals surface area contributed by atoms with Gasteiger partial charge in [-0.1, -0.05) is 6.42 Å². The van der Waals surface area contributed by atoms with Crippen LogP contribution in [-0.2, 0) is 9.59 Å². The first kappa shape index (κ1) is 11.8. The predicted octanol–water partition coefficient (Wildman–Crippen LogP) is 2.09. The van der Waals surface area contributed by atoms with Crippen LogP contribution in [0.15, 0.2) is 18.2 Å². The molecule has 1 saturated heterocycles. The van der Waals surface area contributed by atoms with Crippen molar-refractivity contribution in [3.8, 4) is 11.5 Å². The van der Waals surface area contributed by atoms with Gasteiger partial charge in [0.25, 0.3) is 0 Å². The van der Waals surface area contributed by atoms with Gasteiger partial charge in [0.05, 0.1) is 5.69 Å². The van der Waals surface area contributed by atoms with Crippen LogP contribution in [0.5, 0.6) is 11.5 Å². The van der Waals surface area contributed by atoms with Crippen LogP contribution in [0, 0.1) is 11.8 Å². The van der Waals surface area contributed by atoms with E-state index >= 15 is 0 Å². The minimum Gasteiger partial charge on any atom is -0.454 e. The second kappa shape index (κ2) is 4.23. The number of hydrogen-bond acceptors (Lipinski definition) is 4. The molecule has 20 heavy (non-hydrogen) atoms. The van der Waals surface area contributed by atoms with Crippen molar-refractivity contribution in [2.45, 2.75) is 25.7 Å². The number of hydrogen-bond donors (Lipinski definition) is 0. The summed E-state index contributed by atoms with van der Waals surface area (Å²) in [5.41, 5.74) is 0.598. The van der Waals surface area contributed by atoms with Crippen LogP contribution in [0.4, 0.5) is 5.69 Å². The van der Waals surface area contributed by atoms with Crippen molar-refractivity contribution in [2.75, 3.05) is 11.7 Å². The lowest BCUT2D eigenvalue weighted by atomic mass is 9.76. The minimum absolute atomic E-state index is 0.00290. The van der Waals surface area contributed by atoms with E-state index in [-0.39, 0.29) is 30.4 Å². The number of amides is 2. The van der Waals surface area contributed by atoms with Gasteiger partial charge < -0.3 is 9.47 Å². The van der Waals surface area contributed by atoms with Crippen molar-refractivity contribution in [1.29, 1.82) is 0 Å². The molecule has 2 atom stereocenters. The van der Waals surface area contributed by atoms with E-state index in [1.807, 2.05) is 0 Å². The first-order valence-corrected chi connectivity index (χ1v) is 7.01. The number of fused-ring (bicyclic) bond motifs is 3. The topological polar surface area (TPSA) is 55.8 Å². The third kappa shape index (κ3) is 1.62. The lowest BCUT2D eigenvalue weighted by molar-refractivity contribution is -0.137. The van der Waals surface area contributed by atoms with E-state index in [9.17, 15) is 9.59 Å². The third-order valence-electron chi connectivity index (χ3n) is 4.43. The average Bonchev–Trinajstić information content (AvgIpc) is 2.94. The zero-order valence-corrected chi connectivity index (χ0v) is 11.0. The Morgan fingerprint density at radius 1 is 1.00 bits per heavy atom. The Labute approximate surface area is 116 Å². The van der Waals surface area contributed by atoms with Crippen molar-refractivity contribution in [2.24, 2.45) is 11.8 Å². The lowest BCUT2D eigenvalue weighted by Gasteiger charge is -2.38. The second-order valence-corrected chi connectivity index (χ2v) is 5.61. The largest absolute Gasteiger partial charge is 0.454 e. The molecule has 4 rings (SSSR count). The molecule has 2 fully saturated rings. The van der Waals surface area contributed by atoms with Crippen LogP contribution < -0.4 is 14.4 Å². The van der Waals surface area contributed by atoms with Crippen molar-refractivity contribution in [3.63, 3.8) is 0 Å². The normalized spacial score (nSPS) is 27.9. The van der Waals surface area contributed by atoms with E-state index in [4.69, 9.17) is 9.47 Å². The first-order valence-electron chi connectivity index (χ1n) is 7.01. The number of benzene rings is 1. The fourth-order valence-corrected chi connectivity index (χ4v) is 3.39. The maximum atomic E-state index is 12.5. The molecule has 2 aliphatic heterocycles. The highest BCUT2D eigenvalue weighted by Crippen LogP contribution is 2.41. The Balaban J connectivity index is 1.73. The predicted molar refractivity (Wildman–Crippen MR) is 70.5 cm³/mol. The highest BCUT2D eigenvalue weighted by molar-refractivity contribution is 6.18. The van der Waals surface area contributed by atoms with Gasteiger partial charge in [0, 0.05) is 17.9 Å². The van der Waals surface area contributed by atoms with Gasteiger partial charge in [-0.2, -0.15) is 0 Å². The summed E-state index contributed by atoms with van der Waals surface area (Å²) in [5.74, 6) is 1.12. The first-order chi connectivity index (χ1) is 9.74. The Morgan fingerprint density at radius 2 is 1.70 bits per heavy atom. The highest BCUT2D eigenvalue weighted by Gasteiger charge is 2.43. The summed E-state index contributed by atoms with van der Waals surface area (Å²) in [7, 11) is 0. The van der Waals surface area contributed by atoms with E-state index in [0.29, 0.717) is 17.2 Å². The SMILES string of the molecule is O=C1[C@@H]2CCC[C@@H](C2)C(=O)N1c1ccc2c(c1)OCO2. The molecule has 104 valence electrons. The molecule has 5 nitrogen and oxygen atoms in total. The molecular formula is C15H15NO4. The zero-order chi connectivity index (χ0) is 13.7. The molecule has 0 radical (unpaired) electrons. The smallest absolute Gasteiger partial charge is 0.236 e. The number of anilines is 1. The summed E-state index contributed by atoms with van der Waals surface area (Å²) in [5, 5.41) is 0. The third-order valence-corrected chi connectivity index (χ3v) is 4.43. The van der Waals surface area contributed by atoms with Gasteiger partial charge in [0.1, 0.15) is 0 Å². The maximum absolute atomic E-state index is 12.5. The van der Waals surface area contributed by atoms with Crippen LogP contribution in [0.25, 0.3) is 0 Å². The molecule has 0 N–H and O–H groups in total. The van der Waals surface area contributed by atoms with Crippen LogP contribution in [0.1, 0.15) is 25.7 Å². The molecule has 2 bridgehead atoms. The fraction of sp³-hybridized carbons (Fsp3) is 0.467. The molecule has 0 spiro atoms. The lowest BCUT2D eigenvalue weighted by Crippen LogP contribution is -2.51. The van der Waals surface area contributed by atoms with Gasteiger partial charge in [-0.3, -0.25) is 9.59 Å². The summed E-state index contributed by atoms with van der Waals surface area (Å²) in [6, 6.07) is 5.23. The van der Waals surface area contributed by atoms with Gasteiger partial charge in [0.2, 0.25) is 18.6 Å². The number of rotatable bonds is 1. The van der Waals surface area contributed by atoms with Crippen molar-refractivity contribution in [3.05, 3.63) is 18.2 Å². The molecule has 5 heteroatoms. The summed E-state index contributed by atoms with van der Waals surface area (Å²) in [6.07, 6.45) is 3.48. The minimum atomic E-state index is -0.0650. The van der Waals surface area contributed by atoms with E-state index in [0.717, 1.165) is 25.7 Å². The van der Waals surface area contributed by atoms with Crippen molar-refractivity contribution in [1.82, 2.24) is 0 Å².